The van der Waals surface area contributed by atoms with E-state index in [0.29, 0.717) is 13.2 Å². The van der Waals surface area contributed by atoms with Crippen molar-refractivity contribution in [3.8, 4) is 11.5 Å². The van der Waals surface area contributed by atoms with E-state index >= 15 is 0 Å². The summed E-state index contributed by atoms with van der Waals surface area (Å²) in [4.78, 5) is 0.0766. The molecule has 0 amide bonds. The zero-order chi connectivity index (χ0) is 14.8. The Morgan fingerprint density at radius 2 is 1.67 bits per heavy atom. The first-order chi connectivity index (χ1) is 10.1. The van der Waals surface area contributed by atoms with Gasteiger partial charge < -0.3 is 9.47 Å². The van der Waals surface area contributed by atoms with Crippen molar-refractivity contribution in [3.63, 3.8) is 0 Å². The minimum Gasteiger partial charge on any atom is -0.490 e. The molecule has 0 N–H and O–H groups in total. The van der Waals surface area contributed by atoms with Crippen LogP contribution in [0, 0.1) is 6.92 Å². The quantitative estimate of drug-likeness (QED) is 0.671. The summed E-state index contributed by atoms with van der Waals surface area (Å²) in [5.41, 5.74) is 3.33. The van der Waals surface area contributed by atoms with Crippen LogP contribution in [-0.2, 0) is 0 Å². The van der Waals surface area contributed by atoms with E-state index in [0.717, 1.165) is 39.6 Å². The number of rotatable bonds is 2. The molecule has 0 bridgehead atoms. The lowest BCUT2D eigenvalue weighted by Crippen LogP contribution is -1.97. The molecule has 0 spiro atoms. The molecule has 0 saturated carbocycles. The normalized spacial score (nSPS) is 15.4. The van der Waals surface area contributed by atoms with Crippen molar-refractivity contribution in [1.29, 1.82) is 0 Å². The van der Waals surface area contributed by atoms with Gasteiger partial charge in [0.1, 0.15) is 0 Å². The molecule has 2 nitrogen and oxygen atoms in total. The van der Waals surface area contributed by atoms with Gasteiger partial charge in [0.05, 0.1) is 18.0 Å². The average Bonchev–Trinajstić information content (AvgIpc) is 2.73. The highest BCUT2D eigenvalue weighted by Gasteiger charge is 2.16. The van der Waals surface area contributed by atoms with E-state index in [4.69, 9.17) is 21.1 Å². The maximum atomic E-state index is 6.22. The zero-order valence-electron chi connectivity index (χ0n) is 11.7. The summed E-state index contributed by atoms with van der Waals surface area (Å²) in [5, 5.41) is 0.784. The molecule has 0 aliphatic carbocycles. The van der Waals surface area contributed by atoms with Crippen LogP contribution in [0.1, 0.15) is 27.9 Å². The highest BCUT2D eigenvalue weighted by molar-refractivity contribution is 9.09. The van der Waals surface area contributed by atoms with Crippen molar-refractivity contribution in [2.24, 2.45) is 0 Å². The van der Waals surface area contributed by atoms with Gasteiger partial charge in [-0.15, -0.1) is 0 Å². The molecule has 1 unspecified atom stereocenters. The third kappa shape index (κ3) is 3.19. The molecule has 1 aliphatic heterocycles. The number of benzene rings is 2. The Morgan fingerprint density at radius 1 is 1.00 bits per heavy atom. The van der Waals surface area contributed by atoms with Crippen molar-refractivity contribution in [2.45, 2.75) is 18.2 Å². The molecule has 0 radical (unpaired) electrons. The lowest BCUT2D eigenvalue weighted by Gasteiger charge is -2.15. The third-order valence-corrected chi connectivity index (χ3v) is 5.02. The molecule has 4 heteroatoms. The number of ether oxygens (including phenoxy) is 2. The van der Waals surface area contributed by atoms with Gasteiger partial charge in [0.25, 0.3) is 0 Å². The van der Waals surface area contributed by atoms with Crippen molar-refractivity contribution in [1.82, 2.24) is 0 Å². The summed E-state index contributed by atoms with van der Waals surface area (Å²) >= 11 is 9.96. The lowest BCUT2D eigenvalue weighted by molar-refractivity contribution is 0.297. The molecule has 110 valence electrons. The average molecular weight is 368 g/mol. The second-order valence-electron chi connectivity index (χ2n) is 5.13. The molecule has 0 aromatic heterocycles. The minimum atomic E-state index is 0.0766. The predicted octanol–water partition coefficient (Wildman–Crippen LogP) is 5.29. The fraction of sp³-hybridized carbons (Fsp3) is 0.294. The van der Waals surface area contributed by atoms with E-state index in [1.54, 1.807) is 0 Å². The van der Waals surface area contributed by atoms with Crippen LogP contribution in [0.5, 0.6) is 11.5 Å². The first-order valence-electron chi connectivity index (χ1n) is 6.95. The summed E-state index contributed by atoms with van der Waals surface area (Å²) in [5.74, 6) is 1.63. The van der Waals surface area contributed by atoms with Gasteiger partial charge in [-0.1, -0.05) is 45.7 Å². The summed E-state index contributed by atoms with van der Waals surface area (Å²) in [7, 11) is 0. The highest BCUT2D eigenvalue weighted by atomic mass is 79.9. The fourth-order valence-electron chi connectivity index (χ4n) is 2.30. The molecule has 2 aromatic rings. The minimum absolute atomic E-state index is 0.0766. The first-order valence-corrected chi connectivity index (χ1v) is 8.24. The van der Waals surface area contributed by atoms with Gasteiger partial charge in [-0.3, -0.25) is 0 Å². The monoisotopic (exact) mass is 366 g/mol. The van der Waals surface area contributed by atoms with E-state index in [1.165, 1.54) is 0 Å². The molecule has 0 fully saturated rings. The van der Waals surface area contributed by atoms with Crippen molar-refractivity contribution >= 4 is 27.5 Å². The van der Waals surface area contributed by atoms with Crippen molar-refractivity contribution in [2.75, 3.05) is 13.2 Å². The summed E-state index contributed by atoms with van der Waals surface area (Å²) in [6.07, 6.45) is 0.912. The number of fused-ring (bicyclic) bond motifs is 1. The summed E-state index contributed by atoms with van der Waals surface area (Å²) in [6, 6.07) is 12.2. The summed E-state index contributed by atoms with van der Waals surface area (Å²) in [6.45, 7) is 3.40. The number of aryl methyl sites for hydroxylation is 1. The molecule has 1 heterocycles. The van der Waals surface area contributed by atoms with Crippen molar-refractivity contribution < 1.29 is 9.47 Å². The number of alkyl halides is 1. The Hall–Kier alpha value is -1.19. The topological polar surface area (TPSA) is 18.5 Å². The molecule has 1 atom stereocenters. The largest absolute Gasteiger partial charge is 0.490 e. The standard InChI is InChI=1S/C17H16BrClO2/c1-11-3-4-12(9-14(11)19)17(18)13-5-6-15-16(10-13)21-8-2-7-20-15/h3-6,9-10,17H,2,7-8H2,1H3. The van der Waals surface area contributed by atoms with Gasteiger partial charge in [0, 0.05) is 11.4 Å². The van der Waals surface area contributed by atoms with E-state index in [9.17, 15) is 0 Å². The van der Waals surface area contributed by atoms with Gasteiger partial charge in [-0.05, 0) is 41.8 Å². The molecule has 3 rings (SSSR count). The number of hydrogen-bond donors (Lipinski definition) is 0. The molecule has 21 heavy (non-hydrogen) atoms. The number of halogens is 2. The summed E-state index contributed by atoms with van der Waals surface area (Å²) < 4.78 is 11.4. The van der Waals surface area contributed by atoms with E-state index in [1.807, 2.05) is 31.2 Å². The third-order valence-electron chi connectivity index (χ3n) is 3.55. The van der Waals surface area contributed by atoms with Crippen LogP contribution < -0.4 is 9.47 Å². The lowest BCUT2D eigenvalue weighted by atomic mass is 10.0. The van der Waals surface area contributed by atoms with Crippen LogP contribution in [0.4, 0.5) is 0 Å². The Kier molecular flexibility index (Phi) is 4.41. The SMILES string of the molecule is Cc1ccc(C(Br)c2ccc3c(c2)OCCCO3)cc1Cl. The van der Waals surface area contributed by atoms with Crippen LogP contribution in [0.15, 0.2) is 36.4 Å². The van der Waals surface area contributed by atoms with Crippen LogP contribution in [0.25, 0.3) is 0 Å². The molecule has 0 saturated heterocycles. The Balaban J connectivity index is 1.92. The Labute approximate surface area is 138 Å². The second kappa shape index (κ2) is 6.29. The first kappa shape index (κ1) is 14.7. The van der Waals surface area contributed by atoms with Gasteiger partial charge in [-0.2, -0.15) is 0 Å². The maximum Gasteiger partial charge on any atom is 0.161 e. The maximum absolute atomic E-state index is 6.22. The molecular weight excluding hydrogens is 352 g/mol. The van der Waals surface area contributed by atoms with Gasteiger partial charge in [0.15, 0.2) is 11.5 Å². The Bertz CT molecular complexity index is 657. The van der Waals surface area contributed by atoms with E-state index in [2.05, 4.69) is 28.1 Å². The smallest absolute Gasteiger partial charge is 0.161 e. The molecule has 1 aliphatic rings. The Morgan fingerprint density at radius 3 is 2.43 bits per heavy atom. The highest BCUT2D eigenvalue weighted by Crippen LogP contribution is 2.38. The second-order valence-corrected chi connectivity index (χ2v) is 6.45. The molecule has 2 aromatic carbocycles. The van der Waals surface area contributed by atoms with Crippen LogP contribution in [0.3, 0.4) is 0 Å². The molecular formula is C17H16BrClO2. The number of hydrogen-bond acceptors (Lipinski definition) is 2. The van der Waals surface area contributed by atoms with Gasteiger partial charge in [-0.25, -0.2) is 0 Å². The van der Waals surface area contributed by atoms with Crippen molar-refractivity contribution in [3.05, 3.63) is 58.1 Å². The van der Waals surface area contributed by atoms with Gasteiger partial charge >= 0.3 is 0 Å². The van der Waals surface area contributed by atoms with Crippen LogP contribution in [0.2, 0.25) is 5.02 Å². The fourth-order valence-corrected chi connectivity index (χ4v) is 3.06. The van der Waals surface area contributed by atoms with E-state index in [-0.39, 0.29) is 4.83 Å². The van der Waals surface area contributed by atoms with Crippen LogP contribution >= 0.6 is 27.5 Å². The van der Waals surface area contributed by atoms with Gasteiger partial charge in [0.2, 0.25) is 0 Å². The van der Waals surface area contributed by atoms with E-state index < -0.39 is 0 Å². The zero-order valence-corrected chi connectivity index (χ0v) is 14.1. The predicted molar refractivity (Wildman–Crippen MR) is 89.0 cm³/mol. The van der Waals surface area contributed by atoms with Crippen LogP contribution in [-0.4, -0.2) is 13.2 Å².